The topological polar surface area (TPSA) is 66.4 Å². The molecule has 21 heavy (non-hydrogen) atoms. The van der Waals surface area contributed by atoms with Gasteiger partial charge >= 0.3 is 0 Å². The molecule has 0 atom stereocenters. The zero-order valence-corrected chi connectivity index (χ0v) is 13.2. The number of hydrogen-bond acceptors (Lipinski definition) is 4. The Morgan fingerprint density at radius 1 is 1.19 bits per heavy atom. The van der Waals surface area contributed by atoms with Gasteiger partial charge in [-0.1, -0.05) is 23.4 Å². The van der Waals surface area contributed by atoms with Crippen LogP contribution in [0.3, 0.4) is 0 Å². The molecule has 0 unspecified atom stereocenters. The molecule has 2 rings (SSSR count). The van der Waals surface area contributed by atoms with Crippen LogP contribution in [-0.2, 0) is 16.6 Å². The molecule has 0 aliphatic carbocycles. The van der Waals surface area contributed by atoms with E-state index in [1.165, 1.54) is 35.6 Å². The van der Waals surface area contributed by atoms with Crippen molar-refractivity contribution >= 4 is 33.0 Å². The van der Waals surface area contributed by atoms with Crippen molar-refractivity contribution in [3.8, 4) is 11.8 Å². The second-order valence-corrected chi connectivity index (χ2v) is 7.38. The van der Waals surface area contributed by atoms with Crippen LogP contribution in [0.1, 0.15) is 9.75 Å². The monoisotopic (exact) mass is 341 g/mol. The standard InChI is InChI=1S/C14H12ClNO3S2/c15-11-3-7-14(8-4-11)21(18,19)16-10-13-6-5-12(20-13)2-1-9-17/h3-8,16-17H,9-10H2. The summed E-state index contributed by atoms with van der Waals surface area (Å²) in [4.78, 5) is 1.79. The third-order valence-electron chi connectivity index (χ3n) is 2.51. The molecule has 7 heteroatoms. The Hall–Kier alpha value is -1.36. The van der Waals surface area contributed by atoms with Crippen molar-refractivity contribution in [2.75, 3.05) is 6.61 Å². The molecule has 4 nitrogen and oxygen atoms in total. The molecule has 2 N–H and O–H groups in total. The van der Waals surface area contributed by atoms with Crippen LogP contribution in [0.2, 0.25) is 5.02 Å². The van der Waals surface area contributed by atoms with E-state index in [1.807, 2.05) is 0 Å². The van der Waals surface area contributed by atoms with Gasteiger partial charge < -0.3 is 5.11 Å². The highest BCUT2D eigenvalue weighted by Gasteiger charge is 2.13. The minimum absolute atomic E-state index is 0.170. The first kappa shape index (κ1) is 16.0. The fourth-order valence-electron chi connectivity index (χ4n) is 1.53. The fourth-order valence-corrected chi connectivity index (χ4v) is 3.58. The van der Waals surface area contributed by atoms with Crippen LogP contribution in [0.15, 0.2) is 41.3 Å². The van der Waals surface area contributed by atoms with Crippen molar-refractivity contribution in [2.24, 2.45) is 0 Å². The number of benzene rings is 1. The second kappa shape index (κ2) is 7.07. The lowest BCUT2D eigenvalue weighted by Crippen LogP contribution is -2.22. The van der Waals surface area contributed by atoms with Crippen molar-refractivity contribution in [1.29, 1.82) is 0 Å². The predicted octanol–water partition coefficient (Wildman–Crippen LogP) is 2.22. The molecule has 0 aliphatic rings. The summed E-state index contributed by atoms with van der Waals surface area (Å²) in [6.45, 7) is -0.00708. The van der Waals surface area contributed by atoms with Crippen molar-refractivity contribution in [3.63, 3.8) is 0 Å². The van der Waals surface area contributed by atoms with Crippen LogP contribution in [0.4, 0.5) is 0 Å². The Kier molecular flexibility index (Phi) is 5.39. The molecular weight excluding hydrogens is 330 g/mol. The third kappa shape index (κ3) is 4.56. The summed E-state index contributed by atoms with van der Waals surface area (Å²) in [5, 5.41) is 9.11. The highest BCUT2D eigenvalue weighted by Crippen LogP contribution is 2.17. The van der Waals surface area contributed by atoms with E-state index in [-0.39, 0.29) is 18.0 Å². The number of aliphatic hydroxyl groups excluding tert-OH is 1. The van der Waals surface area contributed by atoms with E-state index in [2.05, 4.69) is 16.6 Å². The van der Waals surface area contributed by atoms with E-state index in [0.29, 0.717) is 5.02 Å². The van der Waals surface area contributed by atoms with Gasteiger partial charge in [0.15, 0.2) is 0 Å². The number of hydrogen-bond donors (Lipinski definition) is 2. The fraction of sp³-hybridized carbons (Fsp3) is 0.143. The molecule has 110 valence electrons. The zero-order chi connectivity index (χ0) is 15.3. The minimum Gasteiger partial charge on any atom is -0.384 e. The Morgan fingerprint density at radius 3 is 2.57 bits per heavy atom. The van der Waals surface area contributed by atoms with Crippen LogP contribution < -0.4 is 4.72 Å². The number of halogens is 1. The molecule has 0 radical (unpaired) electrons. The smallest absolute Gasteiger partial charge is 0.240 e. The van der Waals surface area contributed by atoms with Crippen LogP contribution in [0.25, 0.3) is 0 Å². The Bertz CT molecular complexity index is 771. The van der Waals surface area contributed by atoms with Crippen molar-refractivity contribution in [2.45, 2.75) is 11.4 Å². The van der Waals surface area contributed by atoms with Crippen LogP contribution in [-0.4, -0.2) is 20.1 Å². The van der Waals surface area contributed by atoms with Gasteiger partial charge in [-0.05, 0) is 36.4 Å². The Balaban J connectivity index is 2.05. The largest absolute Gasteiger partial charge is 0.384 e. The van der Waals surface area contributed by atoms with Crippen molar-refractivity contribution < 1.29 is 13.5 Å². The van der Waals surface area contributed by atoms with Gasteiger partial charge in [0, 0.05) is 16.4 Å². The molecule has 1 aromatic heterocycles. The van der Waals surface area contributed by atoms with Crippen molar-refractivity contribution in [3.05, 3.63) is 51.2 Å². The van der Waals surface area contributed by atoms with Gasteiger partial charge in [-0.3, -0.25) is 0 Å². The van der Waals surface area contributed by atoms with Gasteiger partial charge in [0.1, 0.15) is 6.61 Å². The summed E-state index contributed by atoms with van der Waals surface area (Å²) in [6, 6.07) is 9.57. The van der Waals surface area contributed by atoms with E-state index in [1.54, 1.807) is 12.1 Å². The highest BCUT2D eigenvalue weighted by molar-refractivity contribution is 7.89. The first-order valence-electron chi connectivity index (χ1n) is 5.95. The zero-order valence-electron chi connectivity index (χ0n) is 10.8. The normalized spacial score (nSPS) is 11.0. The molecule has 2 aromatic rings. The van der Waals surface area contributed by atoms with Crippen LogP contribution >= 0.6 is 22.9 Å². The summed E-state index contributed by atoms with van der Waals surface area (Å²) >= 11 is 7.11. The van der Waals surface area contributed by atoms with Gasteiger partial charge in [0.05, 0.1) is 9.77 Å². The summed E-state index contributed by atoms with van der Waals surface area (Å²) in [6.07, 6.45) is 0. The lowest BCUT2D eigenvalue weighted by atomic mass is 10.4. The van der Waals surface area contributed by atoms with Gasteiger partial charge in [-0.2, -0.15) is 0 Å². The molecule has 1 aromatic carbocycles. The number of sulfonamides is 1. The Morgan fingerprint density at radius 2 is 1.90 bits per heavy atom. The first-order valence-corrected chi connectivity index (χ1v) is 8.63. The minimum atomic E-state index is -3.56. The number of rotatable bonds is 4. The van der Waals surface area contributed by atoms with E-state index < -0.39 is 10.0 Å². The molecular formula is C14H12ClNO3S2. The van der Waals surface area contributed by atoms with Gasteiger partial charge in [-0.15, -0.1) is 11.3 Å². The number of nitrogens with one attached hydrogen (secondary N) is 1. The lowest BCUT2D eigenvalue weighted by molar-refractivity contribution is 0.350. The lowest BCUT2D eigenvalue weighted by Gasteiger charge is -2.05. The SMILES string of the molecule is O=S(=O)(NCc1ccc(C#CCO)s1)c1ccc(Cl)cc1. The predicted molar refractivity (Wildman–Crippen MR) is 83.8 cm³/mol. The van der Waals surface area contributed by atoms with E-state index >= 15 is 0 Å². The van der Waals surface area contributed by atoms with E-state index in [0.717, 1.165) is 9.75 Å². The molecule has 0 fully saturated rings. The summed E-state index contributed by atoms with van der Waals surface area (Å²) < 4.78 is 26.7. The Labute approximate surface area is 132 Å². The average Bonchev–Trinajstić information content (AvgIpc) is 2.91. The second-order valence-electron chi connectivity index (χ2n) is 4.00. The molecule has 1 heterocycles. The van der Waals surface area contributed by atoms with Gasteiger partial charge in [0.2, 0.25) is 10.0 Å². The molecule has 0 bridgehead atoms. The number of aliphatic hydroxyl groups is 1. The van der Waals surface area contributed by atoms with Crippen molar-refractivity contribution in [1.82, 2.24) is 4.72 Å². The highest BCUT2D eigenvalue weighted by atomic mass is 35.5. The quantitative estimate of drug-likeness (QED) is 0.838. The average molecular weight is 342 g/mol. The van der Waals surface area contributed by atoms with Crippen LogP contribution in [0, 0.1) is 11.8 Å². The first-order chi connectivity index (χ1) is 10.0. The maximum absolute atomic E-state index is 12.1. The van der Waals surface area contributed by atoms with Gasteiger partial charge in [-0.25, -0.2) is 13.1 Å². The van der Waals surface area contributed by atoms with E-state index in [4.69, 9.17) is 16.7 Å². The molecule has 0 spiro atoms. The maximum Gasteiger partial charge on any atom is 0.240 e. The molecule has 0 amide bonds. The molecule has 0 saturated carbocycles. The number of thiophene rings is 1. The van der Waals surface area contributed by atoms with E-state index in [9.17, 15) is 8.42 Å². The molecule has 0 saturated heterocycles. The van der Waals surface area contributed by atoms with Crippen LogP contribution in [0.5, 0.6) is 0 Å². The summed E-state index contributed by atoms with van der Waals surface area (Å²) in [7, 11) is -3.56. The molecule has 0 aliphatic heterocycles. The summed E-state index contributed by atoms with van der Waals surface area (Å²) in [5.41, 5.74) is 0. The van der Waals surface area contributed by atoms with Gasteiger partial charge in [0.25, 0.3) is 0 Å². The summed E-state index contributed by atoms with van der Waals surface area (Å²) in [5.74, 6) is 5.32. The maximum atomic E-state index is 12.1. The third-order valence-corrected chi connectivity index (χ3v) is 5.18.